The van der Waals surface area contributed by atoms with Gasteiger partial charge in [-0.05, 0) is 45.1 Å². The Hall–Kier alpha value is -1.10. The standard InChI is InChI=1S/C19H35N7O.HI/c1-3-11-24-14-8-16(9-15-24)22-18(20-2)21-10-6-13-26-19(27)25-12-5-4-7-17(25)23-26;/h16H,3-15H2,1-2H3,(H2,20,21,22);1H. The average molecular weight is 505 g/mol. The van der Waals surface area contributed by atoms with Crippen LogP contribution in [0.4, 0.5) is 0 Å². The summed E-state index contributed by atoms with van der Waals surface area (Å²) in [6, 6.07) is 0.492. The lowest BCUT2D eigenvalue weighted by Gasteiger charge is -2.32. The smallest absolute Gasteiger partial charge is 0.345 e. The molecule has 0 spiro atoms. The topological polar surface area (TPSA) is 79.5 Å². The van der Waals surface area contributed by atoms with Crippen LogP contribution in [0.5, 0.6) is 0 Å². The maximum absolute atomic E-state index is 12.3. The van der Waals surface area contributed by atoms with Crippen LogP contribution in [0.15, 0.2) is 9.79 Å². The SMILES string of the molecule is CCCN1CCC(NC(=NC)NCCCn2nc3n(c2=O)CCCC3)CC1.I. The Morgan fingerprint density at radius 1 is 1.21 bits per heavy atom. The normalized spacial score (nSPS) is 18.4. The fourth-order valence-corrected chi connectivity index (χ4v) is 4.03. The molecule has 3 heterocycles. The highest BCUT2D eigenvalue weighted by Gasteiger charge is 2.19. The van der Waals surface area contributed by atoms with Gasteiger partial charge < -0.3 is 15.5 Å². The summed E-state index contributed by atoms with van der Waals surface area (Å²) < 4.78 is 3.46. The highest BCUT2D eigenvalue weighted by Crippen LogP contribution is 2.11. The van der Waals surface area contributed by atoms with E-state index in [0.29, 0.717) is 12.6 Å². The van der Waals surface area contributed by atoms with Crippen LogP contribution in [0.25, 0.3) is 0 Å². The second kappa shape index (κ2) is 11.8. The summed E-state index contributed by atoms with van der Waals surface area (Å²) in [5.41, 5.74) is 0.0473. The molecule has 0 amide bonds. The van der Waals surface area contributed by atoms with Crippen molar-refractivity contribution in [3.05, 3.63) is 16.3 Å². The summed E-state index contributed by atoms with van der Waals surface area (Å²) >= 11 is 0. The quantitative estimate of drug-likeness (QED) is 0.254. The maximum atomic E-state index is 12.3. The van der Waals surface area contributed by atoms with Crippen molar-refractivity contribution in [1.82, 2.24) is 29.9 Å². The van der Waals surface area contributed by atoms with Crippen molar-refractivity contribution < 1.29 is 0 Å². The predicted molar refractivity (Wildman–Crippen MR) is 124 cm³/mol. The number of hydrogen-bond acceptors (Lipinski definition) is 4. The zero-order valence-corrected chi connectivity index (χ0v) is 19.7. The molecule has 1 fully saturated rings. The number of aliphatic imine (C=N–C) groups is 1. The number of halogens is 1. The third-order valence-corrected chi connectivity index (χ3v) is 5.56. The van der Waals surface area contributed by atoms with Crippen molar-refractivity contribution in [2.24, 2.45) is 4.99 Å². The molecule has 1 saturated heterocycles. The van der Waals surface area contributed by atoms with Gasteiger partial charge in [0.05, 0.1) is 0 Å². The molecule has 0 radical (unpaired) electrons. The number of hydrogen-bond donors (Lipinski definition) is 2. The van der Waals surface area contributed by atoms with E-state index in [0.717, 1.165) is 76.5 Å². The molecule has 0 aliphatic carbocycles. The van der Waals surface area contributed by atoms with Crippen LogP contribution < -0.4 is 16.3 Å². The highest BCUT2D eigenvalue weighted by atomic mass is 127. The first-order chi connectivity index (χ1) is 13.2. The van der Waals surface area contributed by atoms with E-state index in [1.807, 2.05) is 11.6 Å². The van der Waals surface area contributed by atoms with E-state index in [-0.39, 0.29) is 29.7 Å². The van der Waals surface area contributed by atoms with E-state index in [1.165, 1.54) is 13.0 Å². The van der Waals surface area contributed by atoms with Gasteiger partial charge in [0.1, 0.15) is 5.82 Å². The molecule has 28 heavy (non-hydrogen) atoms. The fraction of sp³-hybridized carbons (Fsp3) is 0.842. The number of aryl methyl sites for hydroxylation is 2. The van der Waals surface area contributed by atoms with Gasteiger partial charge in [-0.2, -0.15) is 5.10 Å². The van der Waals surface area contributed by atoms with Crippen molar-refractivity contribution in [2.45, 2.75) is 71.0 Å². The minimum atomic E-state index is 0. The molecule has 9 heteroatoms. The van der Waals surface area contributed by atoms with Crippen molar-refractivity contribution in [3.63, 3.8) is 0 Å². The Morgan fingerprint density at radius 3 is 2.68 bits per heavy atom. The summed E-state index contributed by atoms with van der Waals surface area (Å²) in [5.74, 6) is 1.81. The van der Waals surface area contributed by atoms with Gasteiger partial charge in [0.25, 0.3) is 0 Å². The molecule has 0 bridgehead atoms. The zero-order chi connectivity index (χ0) is 19.1. The van der Waals surface area contributed by atoms with Crippen LogP contribution in [-0.4, -0.2) is 64.5 Å². The van der Waals surface area contributed by atoms with Gasteiger partial charge in [-0.25, -0.2) is 9.48 Å². The van der Waals surface area contributed by atoms with E-state index in [2.05, 4.69) is 32.5 Å². The zero-order valence-electron chi connectivity index (χ0n) is 17.3. The van der Waals surface area contributed by atoms with Crippen LogP contribution in [-0.2, 0) is 19.5 Å². The second-order valence-corrected chi connectivity index (χ2v) is 7.64. The monoisotopic (exact) mass is 505 g/mol. The number of nitrogens with zero attached hydrogens (tertiary/aromatic N) is 5. The lowest BCUT2D eigenvalue weighted by atomic mass is 10.1. The molecule has 1 aromatic rings. The molecule has 2 N–H and O–H groups in total. The van der Waals surface area contributed by atoms with Gasteiger partial charge in [0, 0.05) is 52.2 Å². The Kier molecular flexibility index (Phi) is 9.76. The Bertz CT molecular complexity index is 676. The molecule has 0 unspecified atom stereocenters. The minimum absolute atomic E-state index is 0. The van der Waals surface area contributed by atoms with Gasteiger partial charge in [0.2, 0.25) is 0 Å². The van der Waals surface area contributed by atoms with Gasteiger partial charge in [-0.15, -0.1) is 24.0 Å². The number of fused-ring (bicyclic) bond motifs is 1. The number of guanidine groups is 1. The first-order valence-corrected chi connectivity index (χ1v) is 10.6. The summed E-state index contributed by atoms with van der Waals surface area (Å²) in [6.07, 6.45) is 7.55. The third-order valence-electron chi connectivity index (χ3n) is 5.56. The molecule has 3 rings (SSSR count). The first-order valence-electron chi connectivity index (χ1n) is 10.6. The van der Waals surface area contributed by atoms with Crippen LogP contribution in [0.3, 0.4) is 0 Å². The molecule has 0 atom stereocenters. The van der Waals surface area contributed by atoms with Crippen molar-refractivity contribution >= 4 is 29.9 Å². The number of piperidine rings is 1. The van der Waals surface area contributed by atoms with Crippen LogP contribution in [0.1, 0.15) is 51.3 Å². The summed E-state index contributed by atoms with van der Waals surface area (Å²) in [7, 11) is 1.81. The first kappa shape index (κ1) is 23.2. The summed E-state index contributed by atoms with van der Waals surface area (Å²) in [5, 5.41) is 11.4. The van der Waals surface area contributed by atoms with Crippen molar-refractivity contribution in [2.75, 3.05) is 33.2 Å². The fourth-order valence-electron chi connectivity index (χ4n) is 4.03. The van der Waals surface area contributed by atoms with E-state index in [1.54, 1.807) is 4.68 Å². The number of aromatic nitrogens is 3. The molecule has 0 aromatic carbocycles. The molecule has 2 aliphatic heterocycles. The van der Waals surface area contributed by atoms with Gasteiger partial charge in [-0.1, -0.05) is 6.92 Å². The molecule has 160 valence electrons. The number of rotatable bonds is 7. The van der Waals surface area contributed by atoms with Crippen LogP contribution in [0, 0.1) is 0 Å². The average Bonchev–Trinajstić information content (AvgIpc) is 3.02. The highest BCUT2D eigenvalue weighted by molar-refractivity contribution is 14.0. The molecule has 0 saturated carbocycles. The lowest BCUT2D eigenvalue weighted by molar-refractivity contribution is 0.206. The molecular weight excluding hydrogens is 469 g/mol. The van der Waals surface area contributed by atoms with Crippen LogP contribution >= 0.6 is 24.0 Å². The maximum Gasteiger partial charge on any atom is 0.345 e. The number of nitrogens with one attached hydrogen (secondary N) is 2. The lowest BCUT2D eigenvalue weighted by Crippen LogP contribution is -2.49. The van der Waals surface area contributed by atoms with Crippen molar-refractivity contribution in [1.29, 1.82) is 0 Å². The van der Waals surface area contributed by atoms with Crippen LogP contribution in [0.2, 0.25) is 0 Å². The summed E-state index contributed by atoms with van der Waals surface area (Å²) in [4.78, 5) is 19.2. The van der Waals surface area contributed by atoms with Gasteiger partial charge >= 0.3 is 5.69 Å². The van der Waals surface area contributed by atoms with E-state index >= 15 is 0 Å². The Balaban J connectivity index is 0.00000280. The molecule has 8 nitrogen and oxygen atoms in total. The number of likely N-dealkylation sites (tertiary alicyclic amines) is 1. The van der Waals surface area contributed by atoms with E-state index < -0.39 is 0 Å². The third kappa shape index (κ3) is 6.20. The van der Waals surface area contributed by atoms with Gasteiger partial charge in [0.15, 0.2) is 5.96 Å². The molecule has 1 aromatic heterocycles. The Morgan fingerprint density at radius 2 is 2.00 bits per heavy atom. The second-order valence-electron chi connectivity index (χ2n) is 7.64. The predicted octanol–water partition coefficient (Wildman–Crippen LogP) is 1.43. The Labute approximate surface area is 185 Å². The van der Waals surface area contributed by atoms with Crippen molar-refractivity contribution in [3.8, 4) is 0 Å². The van der Waals surface area contributed by atoms with Gasteiger partial charge in [-0.3, -0.25) is 9.56 Å². The molecular formula is C19H36IN7O. The minimum Gasteiger partial charge on any atom is -0.356 e. The van der Waals surface area contributed by atoms with E-state index in [4.69, 9.17) is 0 Å². The molecule has 2 aliphatic rings. The van der Waals surface area contributed by atoms with E-state index in [9.17, 15) is 4.79 Å². The summed E-state index contributed by atoms with van der Waals surface area (Å²) in [6.45, 7) is 8.02. The largest absolute Gasteiger partial charge is 0.356 e.